The van der Waals surface area contributed by atoms with Gasteiger partial charge in [-0.3, -0.25) is 10.1 Å². The number of rotatable bonds is 7. The zero-order valence-electron chi connectivity index (χ0n) is 15.5. The highest BCUT2D eigenvalue weighted by Crippen LogP contribution is 2.25. The average molecular weight is 427 g/mol. The Morgan fingerprint density at radius 2 is 1.97 bits per heavy atom. The van der Waals surface area contributed by atoms with E-state index in [1.54, 1.807) is 0 Å². The molecular weight excluding hydrogens is 408 g/mol. The normalized spacial score (nSPS) is 11.0. The van der Waals surface area contributed by atoms with Crippen LogP contribution in [0.25, 0.3) is 11.3 Å². The third-order valence-corrected chi connectivity index (χ3v) is 6.22. The monoisotopic (exact) mass is 426 g/mol. The first-order valence-electron chi connectivity index (χ1n) is 8.69. The largest absolute Gasteiger partial charge is 0.298 e. The van der Waals surface area contributed by atoms with Crippen LogP contribution in [0, 0.1) is 18.3 Å². The van der Waals surface area contributed by atoms with E-state index in [1.807, 2.05) is 42.6 Å². The van der Waals surface area contributed by atoms with Gasteiger partial charge in [0.2, 0.25) is 10.0 Å². The van der Waals surface area contributed by atoms with Gasteiger partial charge < -0.3 is 0 Å². The number of anilines is 1. The molecule has 0 saturated carbocycles. The number of thiazole rings is 1. The van der Waals surface area contributed by atoms with Crippen LogP contribution in [0.2, 0.25) is 0 Å². The van der Waals surface area contributed by atoms with E-state index in [2.05, 4.69) is 15.0 Å². The Hall–Kier alpha value is -3.06. The summed E-state index contributed by atoms with van der Waals surface area (Å²) in [6.07, 6.45) is 0.0623. The van der Waals surface area contributed by atoms with Crippen molar-refractivity contribution in [2.45, 2.75) is 18.2 Å². The number of hydrogen-bond acceptors (Lipinski definition) is 6. The molecule has 2 aromatic carbocycles. The van der Waals surface area contributed by atoms with E-state index < -0.39 is 15.9 Å². The molecule has 0 radical (unpaired) electrons. The van der Waals surface area contributed by atoms with Crippen molar-refractivity contribution in [3.05, 3.63) is 65.0 Å². The number of sulfonamides is 1. The van der Waals surface area contributed by atoms with E-state index in [-0.39, 0.29) is 23.4 Å². The quantitative estimate of drug-likeness (QED) is 0.561. The first-order valence-corrected chi connectivity index (χ1v) is 11.1. The van der Waals surface area contributed by atoms with Crippen molar-refractivity contribution in [2.24, 2.45) is 0 Å². The highest BCUT2D eigenvalue weighted by molar-refractivity contribution is 7.89. The van der Waals surface area contributed by atoms with E-state index in [4.69, 9.17) is 5.26 Å². The van der Waals surface area contributed by atoms with Gasteiger partial charge in [-0.15, -0.1) is 11.3 Å². The molecule has 1 aromatic heterocycles. The number of nitrogens with zero attached hydrogens (tertiary/aromatic N) is 2. The topological polar surface area (TPSA) is 112 Å². The molecule has 148 valence electrons. The minimum Gasteiger partial charge on any atom is -0.298 e. The fourth-order valence-corrected chi connectivity index (χ4v) is 4.28. The fraction of sp³-hybridized carbons (Fsp3) is 0.150. The number of aromatic nitrogens is 1. The zero-order valence-corrected chi connectivity index (χ0v) is 17.2. The van der Waals surface area contributed by atoms with Crippen molar-refractivity contribution in [1.29, 1.82) is 5.26 Å². The molecule has 0 fully saturated rings. The first-order chi connectivity index (χ1) is 13.9. The van der Waals surface area contributed by atoms with Crippen LogP contribution in [0.15, 0.2) is 58.8 Å². The molecule has 1 amide bonds. The van der Waals surface area contributed by atoms with Crippen LogP contribution < -0.4 is 10.0 Å². The maximum atomic E-state index is 12.5. The van der Waals surface area contributed by atoms with Crippen LogP contribution in [0.3, 0.4) is 0 Å². The molecule has 9 heteroatoms. The van der Waals surface area contributed by atoms with Crippen LogP contribution in [0.4, 0.5) is 5.13 Å². The van der Waals surface area contributed by atoms with Gasteiger partial charge in [0.05, 0.1) is 16.7 Å². The van der Waals surface area contributed by atoms with Gasteiger partial charge in [-0.1, -0.05) is 35.9 Å². The highest BCUT2D eigenvalue weighted by Gasteiger charge is 2.16. The van der Waals surface area contributed by atoms with E-state index in [9.17, 15) is 13.2 Å². The molecular formula is C20H18N4O3S2. The summed E-state index contributed by atoms with van der Waals surface area (Å²) < 4.78 is 26.8. The summed E-state index contributed by atoms with van der Waals surface area (Å²) >= 11 is 1.29. The lowest BCUT2D eigenvalue weighted by atomic mass is 10.1. The second-order valence-electron chi connectivity index (χ2n) is 6.19. The summed E-state index contributed by atoms with van der Waals surface area (Å²) in [4.78, 5) is 16.9. The van der Waals surface area contributed by atoms with E-state index in [0.29, 0.717) is 5.13 Å². The van der Waals surface area contributed by atoms with Gasteiger partial charge in [0.25, 0.3) is 5.91 Å². The zero-order chi connectivity index (χ0) is 20.9. The summed E-state index contributed by atoms with van der Waals surface area (Å²) in [7, 11) is -3.79. The standard InChI is InChI=1S/C20H18N4O3S2/c1-14-6-8-15(9-7-14)18-13-28-20(23-18)24-19(25)16-4-2-5-17(12-16)29(26,27)22-11-3-10-21/h2,4-9,12-13,22H,3,11H2,1H3,(H,23,24,25). The second kappa shape index (κ2) is 8.96. The number of aryl methyl sites for hydroxylation is 1. The molecule has 1 heterocycles. The maximum Gasteiger partial charge on any atom is 0.257 e. The Bertz CT molecular complexity index is 1160. The van der Waals surface area contributed by atoms with Crippen LogP contribution in [-0.2, 0) is 10.0 Å². The molecule has 0 spiro atoms. The number of amides is 1. The van der Waals surface area contributed by atoms with Crippen molar-refractivity contribution in [2.75, 3.05) is 11.9 Å². The summed E-state index contributed by atoms with van der Waals surface area (Å²) in [5, 5.41) is 13.5. The average Bonchev–Trinajstić information content (AvgIpc) is 3.17. The third-order valence-electron chi connectivity index (χ3n) is 4.01. The number of hydrogen-bond donors (Lipinski definition) is 2. The molecule has 2 N–H and O–H groups in total. The smallest absolute Gasteiger partial charge is 0.257 e. The maximum absolute atomic E-state index is 12.5. The van der Waals surface area contributed by atoms with Crippen LogP contribution in [0.5, 0.6) is 0 Å². The number of carbonyl (C=O) groups excluding carboxylic acids is 1. The Morgan fingerprint density at radius 1 is 1.21 bits per heavy atom. The van der Waals surface area contributed by atoms with Gasteiger partial charge in [-0.25, -0.2) is 18.1 Å². The van der Waals surface area contributed by atoms with E-state index in [0.717, 1.165) is 16.8 Å². The second-order valence-corrected chi connectivity index (χ2v) is 8.82. The SMILES string of the molecule is Cc1ccc(-c2csc(NC(=O)c3cccc(S(=O)(=O)NCCC#N)c3)n2)cc1. The molecule has 0 aliphatic carbocycles. The summed E-state index contributed by atoms with van der Waals surface area (Å²) in [5.74, 6) is -0.455. The lowest BCUT2D eigenvalue weighted by Gasteiger charge is -2.07. The summed E-state index contributed by atoms with van der Waals surface area (Å²) in [6, 6.07) is 15.5. The molecule has 29 heavy (non-hydrogen) atoms. The molecule has 0 aliphatic heterocycles. The molecule has 0 atom stereocenters. The van der Waals surface area contributed by atoms with Gasteiger partial charge >= 0.3 is 0 Å². The molecule has 0 unspecified atom stereocenters. The minimum absolute atomic E-state index is 0.0101. The van der Waals surface area contributed by atoms with Crippen LogP contribution >= 0.6 is 11.3 Å². The van der Waals surface area contributed by atoms with Gasteiger partial charge in [0.1, 0.15) is 0 Å². The Kier molecular flexibility index (Phi) is 6.39. The summed E-state index contributed by atoms with van der Waals surface area (Å²) in [6.45, 7) is 2.01. The van der Waals surface area contributed by atoms with Gasteiger partial charge in [0, 0.05) is 29.5 Å². The molecule has 0 aliphatic rings. The lowest BCUT2D eigenvalue weighted by molar-refractivity contribution is 0.102. The van der Waals surface area contributed by atoms with Crippen LogP contribution in [0.1, 0.15) is 22.3 Å². The highest BCUT2D eigenvalue weighted by atomic mass is 32.2. The molecule has 0 saturated heterocycles. The van der Waals surface area contributed by atoms with Gasteiger partial charge in [-0.05, 0) is 25.1 Å². The minimum atomic E-state index is -3.79. The number of carbonyl (C=O) groups is 1. The molecule has 7 nitrogen and oxygen atoms in total. The molecule has 3 aromatic rings. The van der Waals surface area contributed by atoms with Crippen molar-refractivity contribution >= 4 is 32.4 Å². The van der Waals surface area contributed by atoms with Gasteiger partial charge in [-0.2, -0.15) is 5.26 Å². The van der Waals surface area contributed by atoms with Crippen molar-refractivity contribution < 1.29 is 13.2 Å². The van der Waals surface area contributed by atoms with Crippen molar-refractivity contribution in [3.8, 4) is 17.3 Å². The number of nitrogens with one attached hydrogen (secondary N) is 2. The first kappa shape index (κ1) is 20.7. The summed E-state index contributed by atoms with van der Waals surface area (Å²) in [5.41, 5.74) is 3.04. The predicted octanol–water partition coefficient (Wildman–Crippen LogP) is 3.56. The third kappa shape index (κ3) is 5.26. The predicted molar refractivity (Wildman–Crippen MR) is 112 cm³/mol. The fourth-order valence-electron chi connectivity index (χ4n) is 2.49. The number of benzene rings is 2. The van der Waals surface area contributed by atoms with Crippen LogP contribution in [-0.4, -0.2) is 25.9 Å². The Balaban J connectivity index is 1.73. The van der Waals surface area contributed by atoms with E-state index >= 15 is 0 Å². The Labute approximate surface area is 173 Å². The van der Waals surface area contributed by atoms with Crippen molar-refractivity contribution in [3.63, 3.8) is 0 Å². The molecule has 0 bridgehead atoms. The lowest BCUT2D eigenvalue weighted by Crippen LogP contribution is -2.25. The molecule has 3 rings (SSSR count). The van der Waals surface area contributed by atoms with E-state index in [1.165, 1.54) is 35.6 Å². The van der Waals surface area contributed by atoms with Crippen molar-refractivity contribution in [1.82, 2.24) is 9.71 Å². The van der Waals surface area contributed by atoms with Gasteiger partial charge in [0.15, 0.2) is 5.13 Å². The Morgan fingerprint density at radius 3 is 2.69 bits per heavy atom. The number of nitriles is 1.